The van der Waals surface area contributed by atoms with Crippen LogP contribution in [0.15, 0.2) is 72.8 Å². The zero-order valence-corrected chi connectivity index (χ0v) is 19.7. The van der Waals surface area contributed by atoms with Gasteiger partial charge in [-0.15, -0.1) is 30.0 Å². The molecule has 8 nitrogen and oxygen atoms in total. The molecule has 0 saturated heterocycles. The summed E-state index contributed by atoms with van der Waals surface area (Å²) in [4.78, 5) is 2.92. The molecule has 0 bridgehead atoms. The molecule has 0 aliphatic rings. The van der Waals surface area contributed by atoms with E-state index in [-0.39, 0.29) is 11.5 Å². The first-order valence-corrected chi connectivity index (χ1v) is 11.5. The van der Waals surface area contributed by atoms with Gasteiger partial charge in [-0.1, -0.05) is 36.4 Å². The summed E-state index contributed by atoms with van der Waals surface area (Å²) in [6.45, 7) is 3.69. The van der Waals surface area contributed by atoms with Gasteiger partial charge in [0.25, 0.3) is 0 Å². The fraction of sp³-hybridized carbons (Fsp3) is 0.0714. The Hall–Kier alpha value is -4.98. The molecular weight excluding hydrogens is 452 g/mol. The van der Waals surface area contributed by atoms with Crippen molar-refractivity contribution < 1.29 is 10.2 Å². The molecule has 2 heterocycles. The number of rotatable bonds is 4. The maximum absolute atomic E-state index is 10.7. The van der Waals surface area contributed by atoms with Crippen LogP contribution in [0.1, 0.15) is 22.3 Å². The predicted molar refractivity (Wildman–Crippen MR) is 139 cm³/mol. The van der Waals surface area contributed by atoms with E-state index in [0.717, 1.165) is 33.2 Å². The average Bonchev–Trinajstić information content (AvgIpc) is 3.50. The van der Waals surface area contributed by atoms with Crippen LogP contribution in [0, 0.1) is 13.8 Å². The third-order valence-corrected chi connectivity index (χ3v) is 6.08. The van der Waals surface area contributed by atoms with E-state index in [4.69, 9.17) is 0 Å². The largest absolute Gasteiger partial charge is 0.505 e. The van der Waals surface area contributed by atoms with Crippen LogP contribution in [0.25, 0.3) is 45.6 Å². The van der Waals surface area contributed by atoms with E-state index >= 15 is 0 Å². The van der Waals surface area contributed by atoms with Crippen molar-refractivity contribution in [2.24, 2.45) is 0 Å². The second-order valence-electron chi connectivity index (χ2n) is 8.70. The summed E-state index contributed by atoms with van der Waals surface area (Å²) < 4.78 is 0. The third kappa shape index (κ3) is 3.74. The van der Waals surface area contributed by atoms with Crippen molar-refractivity contribution in [2.75, 3.05) is 0 Å². The predicted octanol–water partition coefficient (Wildman–Crippen LogP) is 5.35. The number of fused-ring (bicyclic) bond motifs is 2. The van der Waals surface area contributed by atoms with E-state index < -0.39 is 0 Å². The monoisotopic (exact) mass is 474 g/mol. The van der Waals surface area contributed by atoms with Crippen molar-refractivity contribution in [3.05, 3.63) is 95.1 Å². The molecule has 0 aliphatic carbocycles. The van der Waals surface area contributed by atoms with Crippen molar-refractivity contribution in [3.63, 3.8) is 0 Å². The number of phenols is 2. The molecule has 176 valence electrons. The highest BCUT2D eigenvalue weighted by Gasteiger charge is 2.14. The van der Waals surface area contributed by atoms with Crippen LogP contribution in [0.3, 0.4) is 0 Å². The molecule has 0 saturated carbocycles. The molecule has 0 fully saturated rings. The van der Waals surface area contributed by atoms with Crippen LogP contribution in [0.2, 0.25) is 0 Å². The highest BCUT2D eigenvalue weighted by Crippen LogP contribution is 2.30. The zero-order chi connectivity index (χ0) is 24.8. The molecule has 0 spiro atoms. The van der Waals surface area contributed by atoms with Gasteiger partial charge in [-0.3, -0.25) is 0 Å². The number of aromatic nitrogens is 6. The maximum Gasteiger partial charge on any atom is 0.146 e. The number of phenolic OH excluding ortho intramolecular Hbond substituents is 2. The van der Waals surface area contributed by atoms with E-state index in [1.54, 1.807) is 0 Å². The molecule has 0 radical (unpaired) electrons. The van der Waals surface area contributed by atoms with E-state index in [2.05, 4.69) is 20.4 Å². The fourth-order valence-electron chi connectivity index (χ4n) is 4.20. The van der Waals surface area contributed by atoms with Crippen LogP contribution >= 0.6 is 0 Å². The highest BCUT2D eigenvalue weighted by molar-refractivity contribution is 5.77. The van der Waals surface area contributed by atoms with Gasteiger partial charge in [0.15, 0.2) is 0 Å². The number of nitrogens with zero attached hydrogens (tertiary/aromatic N) is 6. The Morgan fingerprint density at radius 2 is 0.889 bits per heavy atom. The SMILES string of the molecule is Cc1cc(/C=C/c2cc(C)c(O)c(-n3nc4ccccc4n3)c2)cc(-n2nc3ccccc3n2)c1O. The molecule has 0 atom stereocenters. The van der Waals surface area contributed by atoms with E-state index in [0.29, 0.717) is 22.5 Å². The minimum atomic E-state index is 0.132. The minimum absolute atomic E-state index is 0.132. The van der Waals surface area contributed by atoms with Gasteiger partial charge in [0, 0.05) is 0 Å². The van der Waals surface area contributed by atoms with E-state index in [1.807, 2.05) is 98.8 Å². The smallest absolute Gasteiger partial charge is 0.146 e. The van der Waals surface area contributed by atoms with Gasteiger partial charge in [0.2, 0.25) is 0 Å². The average molecular weight is 475 g/mol. The quantitative estimate of drug-likeness (QED) is 0.334. The molecule has 0 unspecified atom stereocenters. The summed E-state index contributed by atoms with van der Waals surface area (Å²) in [5, 5.41) is 39.4. The fourth-order valence-corrected chi connectivity index (χ4v) is 4.20. The number of aryl methyl sites for hydroxylation is 2. The van der Waals surface area contributed by atoms with Gasteiger partial charge in [-0.2, -0.15) is 0 Å². The molecular formula is C28H22N6O2. The van der Waals surface area contributed by atoms with Gasteiger partial charge >= 0.3 is 0 Å². The molecule has 8 heteroatoms. The van der Waals surface area contributed by atoms with Crippen LogP contribution < -0.4 is 0 Å². The normalized spacial score (nSPS) is 11.7. The first kappa shape index (κ1) is 21.5. The topological polar surface area (TPSA) is 102 Å². The van der Waals surface area contributed by atoms with E-state index in [9.17, 15) is 10.2 Å². The lowest BCUT2D eigenvalue weighted by Gasteiger charge is -2.09. The lowest BCUT2D eigenvalue weighted by molar-refractivity contribution is 0.463. The summed E-state index contributed by atoms with van der Waals surface area (Å²) in [5.74, 6) is 0.263. The van der Waals surface area contributed by atoms with Crippen LogP contribution in [-0.4, -0.2) is 40.2 Å². The molecule has 0 amide bonds. The Morgan fingerprint density at radius 1 is 0.556 bits per heavy atom. The molecule has 0 aliphatic heterocycles. The Kier molecular flexibility index (Phi) is 5.00. The molecule has 4 aromatic carbocycles. The third-order valence-electron chi connectivity index (χ3n) is 6.08. The number of hydrogen-bond donors (Lipinski definition) is 2. The lowest BCUT2D eigenvalue weighted by Crippen LogP contribution is -2.01. The van der Waals surface area contributed by atoms with Gasteiger partial charge in [0.05, 0.1) is 0 Å². The van der Waals surface area contributed by atoms with Gasteiger partial charge < -0.3 is 10.2 Å². The van der Waals surface area contributed by atoms with Crippen LogP contribution in [-0.2, 0) is 0 Å². The van der Waals surface area contributed by atoms with Crippen molar-refractivity contribution in [1.29, 1.82) is 0 Å². The Labute approximate surface area is 206 Å². The van der Waals surface area contributed by atoms with Crippen molar-refractivity contribution in [2.45, 2.75) is 13.8 Å². The van der Waals surface area contributed by atoms with Crippen molar-refractivity contribution in [3.8, 4) is 22.9 Å². The summed E-state index contributed by atoms with van der Waals surface area (Å²) in [7, 11) is 0. The number of aromatic hydroxyl groups is 2. The van der Waals surface area contributed by atoms with E-state index in [1.165, 1.54) is 9.59 Å². The Bertz CT molecular complexity index is 1600. The molecule has 6 rings (SSSR count). The molecule has 2 aromatic heterocycles. The van der Waals surface area contributed by atoms with Gasteiger partial charge in [-0.25, -0.2) is 0 Å². The van der Waals surface area contributed by atoms with Crippen molar-refractivity contribution >= 4 is 34.2 Å². The molecule has 2 N–H and O–H groups in total. The Morgan fingerprint density at radius 3 is 1.22 bits per heavy atom. The first-order chi connectivity index (χ1) is 17.5. The molecule has 6 aromatic rings. The second-order valence-corrected chi connectivity index (χ2v) is 8.70. The summed E-state index contributed by atoms with van der Waals surface area (Å²) in [6, 6.07) is 22.6. The minimum Gasteiger partial charge on any atom is -0.505 e. The summed E-state index contributed by atoms with van der Waals surface area (Å²) in [5.41, 5.74) is 7.18. The summed E-state index contributed by atoms with van der Waals surface area (Å²) in [6.07, 6.45) is 3.89. The first-order valence-electron chi connectivity index (χ1n) is 11.5. The van der Waals surface area contributed by atoms with Crippen LogP contribution in [0.4, 0.5) is 0 Å². The maximum atomic E-state index is 10.7. The number of hydrogen-bond acceptors (Lipinski definition) is 6. The standard InChI is InChI=1S/C28H22N6O2/c1-17-13-19(15-25(27(17)35)33-29-21-7-3-4-8-22(21)30-33)11-12-20-14-18(2)28(36)26(16-20)34-31-23-9-5-6-10-24(23)32-34/h3-16,35-36H,1-2H3/b12-11+. The zero-order valence-electron chi connectivity index (χ0n) is 19.7. The second kappa shape index (κ2) is 8.35. The van der Waals surface area contributed by atoms with Gasteiger partial charge in [-0.05, 0) is 84.6 Å². The summed E-state index contributed by atoms with van der Waals surface area (Å²) >= 11 is 0. The Balaban J connectivity index is 1.38. The number of benzene rings is 4. The highest BCUT2D eigenvalue weighted by atomic mass is 16.3. The van der Waals surface area contributed by atoms with Crippen LogP contribution in [0.5, 0.6) is 11.5 Å². The van der Waals surface area contributed by atoms with Gasteiger partial charge in [0.1, 0.15) is 44.9 Å². The lowest BCUT2D eigenvalue weighted by atomic mass is 10.0. The molecule has 36 heavy (non-hydrogen) atoms. The van der Waals surface area contributed by atoms with Crippen molar-refractivity contribution in [1.82, 2.24) is 30.0 Å².